The van der Waals surface area contributed by atoms with Gasteiger partial charge in [0.05, 0.1) is 4.20 Å². The Labute approximate surface area is 203 Å². The van der Waals surface area contributed by atoms with Crippen LogP contribution in [-0.2, 0) is 0 Å². The number of thiol groups is 1. The van der Waals surface area contributed by atoms with E-state index < -0.39 is 0 Å². The third kappa shape index (κ3) is 9.34. The van der Waals surface area contributed by atoms with E-state index in [9.17, 15) is 15.3 Å². The van der Waals surface area contributed by atoms with E-state index in [0.29, 0.717) is 10.1 Å². The normalized spacial score (nSPS) is 11.4. The number of hydrogen-bond acceptors (Lipinski definition) is 6. The van der Waals surface area contributed by atoms with Gasteiger partial charge in [-0.3, -0.25) is 0 Å². The Morgan fingerprint density at radius 2 is 1.29 bits per heavy atom. The van der Waals surface area contributed by atoms with E-state index in [1.165, 1.54) is 23.4 Å². The zero-order valence-corrected chi connectivity index (χ0v) is 22.7. The maximum absolute atomic E-state index is 9.96. The number of aromatic hydroxyl groups is 3. The summed E-state index contributed by atoms with van der Waals surface area (Å²) in [7, 11) is 0. The van der Waals surface area contributed by atoms with Crippen LogP contribution in [0.3, 0.4) is 0 Å². The Bertz CT molecular complexity index is 860. The largest absolute Gasteiger partial charge is 0.508 e. The van der Waals surface area contributed by atoms with Gasteiger partial charge in [-0.1, -0.05) is 53.8 Å². The van der Waals surface area contributed by atoms with Gasteiger partial charge in [0.1, 0.15) is 17.2 Å². The molecule has 0 saturated heterocycles. The highest BCUT2D eigenvalue weighted by Crippen LogP contribution is 2.32. The molecule has 3 nitrogen and oxygen atoms in total. The van der Waals surface area contributed by atoms with Crippen LogP contribution in [0.2, 0.25) is 0 Å². The molecule has 1 unspecified atom stereocenters. The average molecular weight is 483 g/mol. The summed E-state index contributed by atoms with van der Waals surface area (Å²) in [5, 5.41) is 28.6. The van der Waals surface area contributed by atoms with Crippen LogP contribution in [-0.4, -0.2) is 24.1 Å². The van der Waals surface area contributed by atoms with Gasteiger partial charge in [-0.05, 0) is 73.1 Å². The molecule has 0 heterocycles. The van der Waals surface area contributed by atoms with Crippen LogP contribution in [0.15, 0.2) is 24.3 Å². The van der Waals surface area contributed by atoms with Crippen LogP contribution in [0, 0.1) is 13.8 Å². The van der Waals surface area contributed by atoms with Crippen LogP contribution in [0.4, 0.5) is 0 Å². The first-order valence-corrected chi connectivity index (χ1v) is 12.4. The van der Waals surface area contributed by atoms with E-state index in [1.807, 2.05) is 60.6 Å². The van der Waals surface area contributed by atoms with Crippen LogP contribution in [0.1, 0.15) is 88.1 Å². The molecule has 0 saturated carbocycles. The first kappa shape index (κ1) is 29.6. The summed E-state index contributed by atoms with van der Waals surface area (Å²) in [6, 6.07) is 7.00. The molecule has 0 fully saturated rings. The van der Waals surface area contributed by atoms with E-state index in [2.05, 4.69) is 26.5 Å². The lowest BCUT2D eigenvalue weighted by Gasteiger charge is -2.15. The summed E-state index contributed by atoms with van der Waals surface area (Å²) >= 11 is 11.1. The standard InChI is InChI=1S/C13H18OS3.C10H14O2.C2H6/c1-7(2)10-6-11(12(14)5-8(10)3)13(16)17-9(4)15;1-6(2)8-4-7(3)9(11)5-10(8)12;1-2/h5-7,9,14-15H,1-4H3;4-6,11-12H,1-3H3;1-2H3. The Balaban J connectivity index is 0.000000564. The minimum Gasteiger partial charge on any atom is -0.508 e. The number of aryl methyl sites for hydroxylation is 2. The molecule has 0 aliphatic rings. The van der Waals surface area contributed by atoms with Gasteiger partial charge >= 0.3 is 0 Å². The molecule has 0 aliphatic heterocycles. The quantitative estimate of drug-likeness (QED) is 0.202. The Hall–Kier alpha value is -1.37. The molecule has 0 radical (unpaired) electrons. The van der Waals surface area contributed by atoms with Crippen LogP contribution in [0.25, 0.3) is 0 Å². The Morgan fingerprint density at radius 1 is 0.774 bits per heavy atom. The van der Waals surface area contributed by atoms with Crippen molar-refractivity contribution in [3.63, 3.8) is 0 Å². The maximum Gasteiger partial charge on any atom is 0.125 e. The molecule has 0 aromatic heterocycles. The zero-order valence-electron chi connectivity index (χ0n) is 20.1. The van der Waals surface area contributed by atoms with Crippen molar-refractivity contribution in [3.8, 4) is 17.2 Å². The number of thiocarbonyl (C=S) groups is 1. The highest BCUT2D eigenvalue weighted by atomic mass is 32.2. The fourth-order valence-electron chi connectivity index (χ4n) is 2.88. The predicted octanol–water partition coefficient (Wildman–Crippen LogP) is 8.06. The number of phenolic OH excluding ortho intramolecular Hbond substituents is 3. The van der Waals surface area contributed by atoms with E-state index in [1.54, 1.807) is 6.07 Å². The van der Waals surface area contributed by atoms with E-state index in [4.69, 9.17) is 12.2 Å². The SMILES string of the molecule is CC.Cc1cc(C(C)C)c(O)cc1O.Cc1cc(O)c(C(=S)SC(C)S)cc1C(C)C. The summed E-state index contributed by atoms with van der Waals surface area (Å²) in [5.74, 6) is 1.29. The molecule has 0 aliphatic carbocycles. The molecule has 0 bridgehead atoms. The second kappa shape index (κ2) is 13.9. The molecular weight excluding hydrogens is 444 g/mol. The number of rotatable bonds is 4. The summed E-state index contributed by atoms with van der Waals surface area (Å²) < 4.78 is 0.831. The molecule has 174 valence electrons. The van der Waals surface area contributed by atoms with Crippen molar-refractivity contribution in [3.05, 3.63) is 52.1 Å². The second-order valence-electron chi connectivity index (χ2n) is 7.74. The molecule has 6 heteroatoms. The summed E-state index contributed by atoms with van der Waals surface area (Å²) in [6.07, 6.45) is 0. The number of benzene rings is 2. The van der Waals surface area contributed by atoms with Crippen LogP contribution >= 0.6 is 36.6 Å². The molecule has 2 rings (SSSR count). The third-order valence-electron chi connectivity index (χ3n) is 4.47. The van der Waals surface area contributed by atoms with E-state index in [-0.39, 0.29) is 27.7 Å². The summed E-state index contributed by atoms with van der Waals surface area (Å²) in [4.78, 5) is 0. The Morgan fingerprint density at radius 3 is 1.74 bits per heavy atom. The maximum atomic E-state index is 9.96. The van der Waals surface area contributed by atoms with Gasteiger partial charge < -0.3 is 15.3 Å². The lowest BCUT2D eigenvalue weighted by molar-refractivity contribution is 0.441. The van der Waals surface area contributed by atoms with Crippen molar-refractivity contribution in [1.82, 2.24) is 0 Å². The molecule has 0 spiro atoms. The molecular formula is C25H38O3S3. The number of hydrogen-bond donors (Lipinski definition) is 4. The van der Waals surface area contributed by atoms with Crippen LogP contribution < -0.4 is 0 Å². The summed E-state index contributed by atoms with van der Waals surface area (Å²) in [6.45, 7) is 18.1. The monoisotopic (exact) mass is 482 g/mol. The van der Waals surface area contributed by atoms with Gasteiger partial charge in [0.2, 0.25) is 0 Å². The van der Waals surface area contributed by atoms with Crippen molar-refractivity contribution < 1.29 is 15.3 Å². The van der Waals surface area contributed by atoms with Crippen molar-refractivity contribution in [2.24, 2.45) is 0 Å². The molecule has 2 aromatic carbocycles. The molecule has 2 aromatic rings. The van der Waals surface area contributed by atoms with Gasteiger partial charge in [-0.15, -0.1) is 11.8 Å². The van der Waals surface area contributed by atoms with Gasteiger partial charge in [-0.25, -0.2) is 0 Å². The first-order chi connectivity index (χ1) is 14.3. The molecule has 3 N–H and O–H groups in total. The smallest absolute Gasteiger partial charge is 0.125 e. The first-order valence-electron chi connectivity index (χ1n) is 10.6. The average Bonchev–Trinajstić information content (AvgIpc) is 2.65. The highest BCUT2D eigenvalue weighted by molar-refractivity contribution is 8.28. The highest BCUT2D eigenvalue weighted by Gasteiger charge is 2.14. The summed E-state index contributed by atoms with van der Waals surface area (Å²) in [5.41, 5.74) is 4.77. The van der Waals surface area contributed by atoms with E-state index in [0.717, 1.165) is 22.3 Å². The van der Waals surface area contributed by atoms with Gasteiger partial charge in [-0.2, -0.15) is 12.6 Å². The third-order valence-corrected chi connectivity index (χ3v) is 6.07. The van der Waals surface area contributed by atoms with Gasteiger partial charge in [0, 0.05) is 16.2 Å². The van der Waals surface area contributed by atoms with Crippen molar-refractivity contribution in [1.29, 1.82) is 0 Å². The zero-order chi connectivity index (χ0) is 24.5. The molecule has 31 heavy (non-hydrogen) atoms. The lowest BCUT2D eigenvalue weighted by atomic mass is 9.95. The van der Waals surface area contributed by atoms with Gasteiger partial charge in [0.15, 0.2) is 0 Å². The van der Waals surface area contributed by atoms with Crippen LogP contribution in [0.5, 0.6) is 17.2 Å². The van der Waals surface area contributed by atoms with Crippen molar-refractivity contribution in [2.75, 3.05) is 0 Å². The van der Waals surface area contributed by atoms with Crippen molar-refractivity contribution in [2.45, 2.75) is 78.7 Å². The second-order valence-corrected chi connectivity index (χ2v) is 10.9. The molecule has 1 atom stereocenters. The lowest BCUT2D eigenvalue weighted by Crippen LogP contribution is -2.01. The topological polar surface area (TPSA) is 60.7 Å². The minimum absolute atomic E-state index is 0.130. The van der Waals surface area contributed by atoms with Crippen molar-refractivity contribution >= 4 is 40.8 Å². The van der Waals surface area contributed by atoms with E-state index >= 15 is 0 Å². The van der Waals surface area contributed by atoms with Gasteiger partial charge in [0.25, 0.3) is 0 Å². The molecule has 0 amide bonds. The fourth-order valence-corrected chi connectivity index (χ4v) is 4.61. The number of phenols is 3. The predicted molar refractivity (Wildman–Crippen MR) is 145 cm³/mol. The fraction of sp³-hybridized carbons (Fsp3) is 0.480. The Kier molecular flexibility index (Phi) is 13.3. The number of thioether (sulfide) groups is 1. The minimum atomic E-state index is 0.130.